The Bertz CT molecular complexity index is 953. The maximum atomic E-state index is 12.6. The lowest BCUT2D eigenvalue weighted by atomic mass is 10.1. The van der Waals surface area contributed by atoms with Crippen molar-refractivity contribution in [3.8, 4) is 0 Å². The number of rotatable bonds is 4. The molecule has 1 fully saturated rings. The maximum Gasteiger partial charge on any atom is 0.258 e. The zero-order valence-corrected chi connectivity index (χ0v) is 15.1. The second-order valence-electron chi connectivity index (χ2n) is 6.21. The molecule has 1 N–H and O–H groups in total. The number of nitrogens with one attached hydrogen (secondary N) is 1. The van der Waals surface area contributed by atoms with E-state index in [0.717, 1.165) is 0 Å². The highest BCUT2D eigenvalue weighted by Gasteiger charge is 2.33. The fraction of sp³-hybridized carbons (Fsp3) is 0.375. The Morgan fingerprint density at radius 2 is 2.00 bits per heavy atom. The van der Waals surface area contributed by atoms with Crippen molar-refractivity contribution in [2.45, 2.75) is 19.4 Å². The summed E-state index contributed by atoms with van der Waals surface area (Å²) in [6.07, 6.45) is 3.09. The van der Waals surface area contributed by atoms with E-state index in [4.69, 9.17) is 4.52 Å². The number of aryl methyl sites for hydroxylation is 1. The molecule has 0 spiro atoms. The molecule has 1 aliphatic rings. The molecule has 3 heterocycles. The van der Waals surface area contributed by atoms with Crippen molar-refractivity contribution >= 4 is 27.5 Å². The molecule has 0 bridgehead atoms. The first-order valence-electron chi connectivity index (χ1n) is 7.92. The molecule has 0 aliphatic carbocycles. The third kappa shape index (κ3) is 3.90. The molecular formula is C16H18N4O5S. The SMILES string of the molecule is Cc1cc(NC(=O)c2cncc(C(=O)N(C)C3CCS(=O)(=O)C3)c2)no1. The largest absolute Gasteiger partial charge is 0.360 e. The van der Waals surface area contributed by atoms with E-state index < -0.39 is 15.7 Å². The van der Waals surface area contributed by atoms with E-state index in [1.807, 2.05) is 0 Å². The molecule has 2 aromatic heterocycles. The van der Waals surface area contributed by atoms with Gasteiger partial charge in [0.25, 0.3) is 11.8 Å². The van der Waals surface area contributed by atoms with Crippen LogP contribution in [0.5, 0.6) is 0 Å². The smallest absolute Gasteiger partial charge is 0.258 e. The molecular weight excluding hydrogens is 360 g/mol. The van der Waals surface area contributed by atoms with E-state index in [-0.39, 0.29) is 40.4 Å². The van der Waals surface area contributed by atoms with Crippen LogP contribution in [0.4, 0.5) is 5.82 Å². The van der Waals surface area contributed by atoms with E-state index in [1.165, 1.54) is 23.4 Å². The van der Waals surface area contributed by atoms with Crippen LogP contribution in [0.25, 0.3) is 0 Å². The number of hydrogen-bond donors (Lipinski definition) is 1. The topological polar surface area (TPSA) is 122 Å². The molecule has 3 rings (SSSR count). The Balaban J connectivity index is 1.74. The summed E-state index contributed by atoms with van der Waals surface area (Å²) < 4.78 is 28.1. The summed E-state index contributed by atoms with van der Waals surface area (Å²) in [6.45, 7) is 1.70. The van der Waals surface area contributed by atoms with Gasteiger partial charge in [-0.2, -0.15) is 0 Å². The number of nitrogens with zero attached hydrogens (tertiary/aromatic N) is 3. The molecule has 9 nitrogen and oxygen atoms in total. The van der Waals surface area contributed by atoms with Gasteiger partial charge in [-0.3, -0.25) is 14.6 Å². The van der Waals surface area contributed by atoms with Crippen LogP contribution in [0.15, 0.2) is 29.0 Å². The van der Waals surface area contributed by atoms with Gasteiger partial charge in [-0.05, 0) is 19.4 Å². The molecule has 26 heavy (non-hydrogen) atoms. The van der Waals surface area contributed by atoms with Crippen LogP contribution in [-0.2, 0) is 9.84 Å². The highest BCUT2D eigenvalue weighted by molar-refractivity contribution is 7.91. The van der Waals surface area contributed by atoms with Gasteiger partial charge in [0.15, 0.2) is 15.7 Å². The summed E-state index contributed by atoms with van der Waals surface area (Å²) in [7, 11) is -1.55. The molecule has 1 aliphatic heterocycles. The average Bonchev–Trinajstić information content (AvgIpc) is 3.18. The Morgan fingerprint density at radius 1 is 1.27 bits per heavy atom. The lowest BCUT2D eigenvalue weighted by molar-refractivity contribution is 0.0747. The minimum atomic E-state index is -3.10. The monoisotopic (exact) mass is 378 g/mol. The van der Waals surface area contributed by atoms with Crippen molar-refractivity contribution in [2.75, 3.05) is 23.9 Å². The lowest BCUT2D eigenvalue weighted by Gasteiger charge is -2.23. The van der Waals surface area contributed by atoms with Gasteiger partial charge in [0.1, 0.15) is 5.76 Å². The first-order valence-corrected chi connectivity index (χ1v) is 9.74. The average molecular weight is 378 g/mol. The van der Waals surface area contributed by atoms with Crippen LogP contribution in [-0.4, -0.2) is 59.9 Å². The second kappa shape index (κ2) is 6.87. The van der Waals surface area contributed by atoms with Crippen molar-refractivity contribution < 1.29 is 22.5 Å². The molecule has 1 saturated heterocycles. The minimum Gasteiger partial charge on any atom is -0.360 e. The molecule has 138 valence electrons. The normalized spacial score (nSPS) is 18.5. The predicted octanol–water partition coefficient (Wildman–Crippen LogP) is 0.889. The molecule has 2 aromatic rings. The van der Waals surface area contributed by atoms with Gasteiger partial charge < -0.3 is 14.7 Å². The number of sulfone groups is 1. The Hall–Kier alpha value is -2.75. The van der Waals surface area contributed by atoms with Gasteiger partial charge in [-0.25, -0.2) is 8.42 Å². The van der Waals surface area contributed by atoms with Gasteiger partial charge in [-0.1, -0.05) is 5.16 Å². The quantitative estimate of drug-likeness (QED) is 0.838. The second-order valence-corrected chi connectivity index (χ2v) is 8.44. The summed E-state index contributed by atoms with van der Waals surface area (Å²) in [5.41, 5.74) is 0.393. The number of carbonyl (C=O) groups excluding carboxylic acids is 2. The highest BCUT2D eigenvalue weighted by Crippen LogP contribution is 2.19. The molecule has 0 aromatic carbocycles. The van der Waals surface area contributed by atoms with Crippen molar-refractivity contribution in [3.05, 3.63) is 41.4 Å². The number of amides is 2. The lowest BCUT2D eigenvalue weighted by Crippen LogP contribution is -2.38. The predicted molar refractivity (Wildman–Crippen MR) is 92.6 cm³/mol. The van der Waals surface area contributed by atoms with Gasteiger partial charge in [0, 0.05) is 31.5 Å². The Morgan fingerprint density at radius 3 is 2.62 bits per heavy atom. The fourth-order valence-corrected chi connectivity index (χ4v) is 4.52. The van der Waals surface area contributed by atoms with Crippen molar-refractivity contribution in [1.82, 2.24) is 15.0 Å². The molecule has 1 unspecified atom stereocenters. The number of anilines is 1. The van der Waals surface area contributed by atoms with Gasteiger partial charge in [0.05, 0.1) is 22.6 Å². The van der Waals surface area contributed by atoms with E-state index in [1.54, 1.807) is 20.0 Å². The standard InChI is InChI=1S/C16H18N4O5S/c1-10-5-14(19-25-10)18-15(21)11-6-12(8-17-7-11)16(22)20(2)13-3-4-26(23,24)9-13/h5-8,13H,3-4,9H2,1-2H3,(H,18,19,21). The van der Waals surface area contributed by atoms with E-state index in [9.17, 15) is 18.0 Å². The Kier molecular flexibility index (Phi) is 4.77. The zero-order valence-electron chi connectivity index (χ0n) is 14.3. The van der Waals surface area contributed by atoms with Crippen LogP contribution in [0, 0.1) is 6.92 Å². The number of aromatic nitrogens is 2. The molecule has 0 radical (unpaired) electrons. The van der Waals surface area contributed by atoms with Gasteiger partial charge in [-0.15, -0.1) is 0 Å². The molecule has 1 atom stereocenters. The fourth-order valence-electron chi connectivity index (χ4n) is 2.75. The number of pyridine rings is 1. The summed E-state index contributed by atoms with van der Waals surface area (Å²) in [5, 5.41) is 6.23. The maximum absolute atomic E-state index is 12.6. The van der Waals surface area contributed by atoms with E-state index >= 15 is 0 Å². The van der Waals surface area contributed by atoms with Crippen LogP contribution < -0.4 is 5.32 Å². The van der Waals surface area contributed by atoms with Crippen LogP contribution in [0.1, 0.15) is 32.9 Å². The molecule has 0 saturated carbocycles. The van der Waals surface area contributed by atoms with Gasteiger partial charge in [0.2, 0.25) is 0 Å². The van der Waals surface area contributed by atoms with E-state index in [0.29, 0.717) is 12.2 Å². The van der Waals surface area contributed by atoms with Crippen LogP contribution in [0.3, 0.4) is 0 Å². The minimum absolute atomic E-state index is 0.0473. The van der Waals surface area contributed by atoms with Crippen molar-refractivity contribution in [1.29, 1.82) is 0 Å². The molecule has 10 heteroatoms. The van der Waals surface area contributed by atoms with Gasteiger partial charge >= 0.3 is 0 Å². The van der Waals surface area contributed by atoms with E-state index in [2.05, 4.69) is 15.5 Å². The first-order chi connectivity index (χ1) is 12.2. The summed E-state index contributed by atoms with van der Waals surface area (Å²) >= 11 is 0. The van der Waals surface area contributed by atoms with Crippen molar-refractivity contribution in [3.63, 3.8) is 0 Å². The Labute approximate surface area is 150 Å². The summed E-state index contributed by atoms with van der Waals surface area (Å²) in [4.78, 5) is 30.2. The number of carbonyl (C=O) groups is 2. The summed E-state index contributed by atoms with van der Waals surface area (Å²) in [6, 6.07) is 2.61. The third-order valence-electron chi connectivity index (χ3n) is 4.19. The summed E-state index contributed by atoms with van der Waals surface area (Å²) in [5.74, 6) is -0.0207. The number of hydrogen-bond acceptors (Lipinski definition) is 7. The zero-order chi connectivity index (χ0) is 18.9. The molecule has 2 amide bonds. The van der Waals surface area contributed by atoms with Crippen molar-refractivity contribution in [2.24, 2.45) is 0 Å². The van der Waals surface area contributed by atoms with Crippen LogP contribution >= 0.6 is 0 Å². The van der Waals surface area contributed by atoms with Crippen LogP contribution in [0.2, 0.25) is 0 Å². The first kappa shape index (κ1) is 18.1. The third-order valence-corrected chi connectivity index (χ3v) is 5.94. The highest BCUT2D eigenvalue weighted by atomic mass is 32.2.